The van der Waals surface area contributed by atoms with Crippen molar-refractivity contribution in [3.05, 3.63) is 54.1 Å². The van der Waals surface area contributed by atoms with Crippen LogP contribution in [0.25, 0.3) is 0 Å². The number of nitrogens with zero attached hydrogens (tertiary/aromatic N) is 3. The molecular weight excluding hydrogens is 290 g/mol. The molecule has 2 heterocycles. The van der Waals surface area contributed by atoms with E-state index < -0.39 is 6.10 Å². The number of hydrogen-bond acceptors (Lipinski definition) is 3. The molecule has 5 nitrogen and oxygen atoms in total. The first-order valence-electron chi connectivity index (χ1n) is 8.06. The van der Waals surface area contributed by atoms with Gasteiger partial charge in [-0.1, -0.05) is 30.3 Å². The molecule has 1 fully saturated rings. The molecule has 23 heavy (non-hydrogen) atoms. The van der Waals surface area contributed by atoms with Gasteiger partial charge in [-0.3, -0.25) is 4.79 Å². The number of imidazole rings is 1. The van der Waals surface area contributed by atoms with Crippen molar-refractivity contribution in [1.29, 1.82) is 0 Å². The van der Waals surface area contributed by atoms with Crippen molar-refractivity contribution in [2.45, 2.75) is 31.9 Å². The van der Waals surface area contributed by atoms with Gasteiger partial charge in [0.1, 0.15) is 5.82 Å². The monoisotopic (exact) mass is 313 g/mol. The lowest BCUT2D eigenvalue weighted by molar-refractivity contribution is -0.144. The van der Waals surface area contributed by atoms with Gasteiger partial charge in [0, 0.05) is 32.6 Å². The number of methoxy groups -OCH3 is 1. The highest BCUT2D eigenvalue weighted by Crippen LogP contribution is 2.26. The average molecular weight is 313 g/mol. The molecule has 3 rings (SSSR count). The van der Waals surface area contributed by atoms with Gasteiger partial charge < -0.3 is 14.2 Å². The van der Waals surface area contributed by atoms with E-state index in [4.69, 9.17) is 4.74 Å². The highest BCUT2D eigenvalue weighted by atomic mass is 16.5. The Kier molecular flexibility index (Phi) is 4.76. The zero-order valence-corrected chi connectivity index (χ0v) is 13.7. The van der Waals surface area contributed by atoms with Crippen molar-refractivity contribution >= 4 is 5.91 Å². The van der Waals surface area contributed by atoms with Gasteiger partial charge in [0.15, 0.2) is 6.10 Å². The molecule has 1 amide bonds. The number of aromatic nitrogens is 2. The molecule has 1 aliphatic rings. The number of amides is 1. The van der Waals surface area contributed by atoms with Crippen LogP contribution < -0.4 is 0 Å². The van der Waals surface area contributed by atoms with Gasteiger partial charge in [-0.05, 0) is 25.3 Å². The van der Waals surface area contributed by atoms with Gasteiger partial charge >= 0.3 is 0 Å². The maximum Gasteiger partial charge on any atom is 0.256 e. The minimum absolute atomic E-state index is 0.0427. The third-order valence-electron chi connectivity index (χ3n) is 4.53. The minimum Gasteiger partial charge on any atom is -0.367 e. The Balaban J connectivity index is 1.75. The molecule has 1 aliphatic heterocycles. The molecular formula is C18H23N3O2. The molecule has 0 N–H and O–H groups in total. The summed E-state index contributed by atoms with van der Waals surface area (Å²) >= 11 is 0. The van der Waals surface area contributed by atoms with Crippen molar-refractivity contribution in [3.8, 4) is 0 Å². The van der Waals surface area contributed by atoms with E-state index in [1.165, 1.54) is 0 Å². The first-order chi connectivity index (χ1) is 11.2. The topological polar surface area (TPSA) is 47.4 Å². The minimum atomic E-state index is -0.529. The maximum absolute atomic E-state index is 12.9. The van der Waals surface area contributed by atoms with Gasteiger partial charge in [-0.25, -0.2) is 4.98 Å². The third kappa shape index (κ3) is 3.29. The number of benzene rings is 1. The second-order valence-corrected chi connectivity index (χ2v) is 5.99. The van der Waals surface area contributed by atoms with Crippen LogP contribution in [-0.2, 0) is 9.53 Å². The largest absolute Gasteiger partial charge is 0.367 e. The summed E-state index contributed by atoms with van der Waals surface area (Å²) in [6.07, 6.45) is 5.36. The van der Waals surface area contributed by atoms with Crippen LogP contribution in [0.1, 0.15) is 36.4 Å². The third-order valence-corrected chi connectivity index (χ3v) is 4.53. The fourth-order valence-electron chi connectivity index (χ4n) is 3.33. The van der Waals surface area contributed by atoms with Gasteiger partial charge in [0.05, 0.1) is 6.04 Å². The first kappa shape index (κ1) is 15.7. The molecule has 0 radical (unpaired) electrons. The van der Waals surface area contributed by atoms with Crippen molar-refractivity contribution in [1.82, 2.24) is 14.5 Å². The zero-order chi connectivity index (χ0) is 16.2. The molecule has 0 spiro atoms. The number of likely N-dealkylation sites (tertiary alicyclic amines) is 1. The van der Waals surface area contributed by atoms with Gasteiger partial charge in [-0.2, -0.15) is 0 Å². The number of carbonyl (C=O) groups is 1. The van der Waals surface area contributed by atoms with Crippen LogP contribution in [-0.4, -0.2) is 40.6 Å². The second-order valence-electron chi connectivity index (χ2n) is 5.99. The van der Waals surface area contributed by atoms with Crippen molar-refractivity contribution in [2.24, 2.45) is 0 Å². The second kappa shape index (κ2) is 6.96. The summed E-state index contributed by atoms with van der Waals surface area (Å²) in [6.45, 7) is 3.50. The van der Waals surface area contributed by atoms with Gasteiger partial charge in [0.2, 0.25) is 0 Å². The van der Waals surface area contributed by atoms with E-state index >= 15 is 0 Å². The normalized spacial score (nSPS) is 19.6. The van der Waals surface area contributed by atoms with Crippen LogP contribution in [0.5, 0.6) is 0 Å². The number of rotatable bonds is 4. The van der Waals surface area contributed by atoms with E-state index in [1.807, 2.05) is 54.5 Å². The predicted octanol–water partition coefficient (Wildman–Crippen LogP) is 2.74. The summed E-state index contributed by atoms with van der Waals surface area (Å²) in [7, 11) is 1.59. The quantitative estimate of drug-likeness (QED) is 0.872. The Morgan fingerprint density at radius 1 is 1.35 bits per heavy atom. The van der Waals surface area contributed by atoms with Crippen LogP contribution in [0.3, 0.4) is 0 Å². The lowest BCUT2D eigenvalue weighted by atomic mass is 10.0. The number of carbonyl (C=O) groups excluding carboxylic acids is 1. The van der Waals surface area contributed by atoms with E-state index in [9.17, 15) is 4.79 Å². The molecule has 1 saturated heterocycles. The molecule has 0 aliphatic carbocycles. The number of ether oxygens (including phenoxy) is 1. The Morgan fingerprint density at radius 3 is 2.78 bits per heavy atom. The smallest absolute Gasteiger partial charge is 0.256 e. The molecule has 1 aromatic carbocycles. The standard InChI is InChI=1S/C18H23N3O2/c1-14-19-10-12-21(14)16-9-6-11-20(13-16)18(22)17(23-2)15-7-4-3-5-8-15/h3-5,7-8,10,12,16-17H,6,9,11,13H2,1-2H3/t16-,17+/m0/s1. The molecule has 122 valence electrons. The Bertz CT molecular complexity index is 653. The van der Waals surface area contributed by atoms with Crippen LogP contribution in [0.4, 0.5) is 0 Å². The Hall–Kier alpha value is -2.14. The summed E-state index contributed by atoms with van der Waals surface area (Å²) in [5.74, 6) is 1.04. The van der Waals surface area contributed by atoms with E-state index in [0.717, 1.165) is 30.8 Å². The van der Waals surface area contributed by atoms with Crippen LogP contribution in [0.2, 0.25) is 0 Å². The number of aryl methyl sites for hydroxylation is 1. The Labute approximate surface area is 136 Å². The number of hydrogen-bond donors (Lipinski definition) is 0. The van der Waals surface area contributed by atoms with Crippen LogP contribution in [0.15, 0.2) is 42.7 Å². The fourth-order valence-corrected chi connectivity index (χ4v) is 3.33. The van der Waals surface area contributed by atoms with E-state index in [1.54, 1.807) is 7.11 Å². The number of piperidine rings is 1. The molecule has 2 aromatic rings. The maximum atomic E-state index is 12.9. The van der Waals surface area contributed by atoms with E-state index in [0.29, 0.717) is 12.6 Å². The summed E-state index contributed by atoms with van der Waals surface area (Å²) in [5, 5.41) is 0. The molecule has 2 atom stereocenters. The zero-order valence-electron chi connectivity index (χ0n) is 13.7. The molecule has 1 aromatic heterocycles. The van der Waals surface area contributed by atoms with Crippen LogP contribution in [0, 0.1) is 6.92 Å². The molecule has 0 saturated carbocycles. The van der Waals surface area contributed by atoms with Crippen molar-refractivity contribution in [2.75, 3.05) is 20.2 Å². The summed E-state index contributed by atoms with van der Waals surface area (Å²) < 4.78 is 7.66. The van der Waals surface area contributed by atoms with E-state index in [-0.39, 0.29) is 5.91 Å². The SMILES string of the molecule is CO[C@@H](C(=O)N1CCC[C@H](n2ccnc2C)C1)c1ccccc1. The van der Waals surface area contributed by atoms with Crippen molar-refractivity contribution in [3.63, 3.8) is 0 Å². The van der Waals surface area contributed by atoms with Gasteiger partial charge in [-0.15, -0.1) is 0 Å². The fraction of sp³-hybridized carbons (Fsp3) is 0.444. The first-order valence-corrected chi connectivity index (χ1v) is 8.06. The lowest BCUT2D eigenvalue weighted by Crippen LogP contribution is -2.43. The summed E-state index contributed by atoms with van der Waals surface area (Å²) in [5.41, 5.74) is 0.904. The van der Waals surface area contributed by atoms with Gasteiger partial charge in [0.25, 0.3) is 5.91 Å². The van der Waals surface area contributed by atoms with E-state index in [2.05, 4.69) is 9.55 Å². The highest BCUT2D eigenvalue weighted by Gasteiger charge is 2.30. The molecule has 0 unspecified atom stereocenters. The summed E-state index contributed by atoms with van der Waals surface area (Å²) in [6, 6.07) is 9.98. The summed E-state index contributed by atoms with van der Waals surface area (Å²) in [4.78, 5) is 19.1. The Morgan fingerprint density at radius 2 is 2.13 bits per heavy atom. The predicted molar refractivity (Wildman–Crippen MR) is 88.0 cm³/mol. The average Bonchev–Trinajstić information content (AvgIpc) is 3.02. The molecule has 0 bridgehead atoms. The lowest BCUT2D eigenvalue weighted by Gasteiger charge is -2.35. The molecule has 5 heteroatoms. The highest BCUT2D eigenvalue weighted by molar-refractivity contribution is 5.82. The van der Waals surface area contributed by atoms with Crippen molar-refractivity contribution < 1.29 is 9.53 Å². The van der Waals surface area contributed by atoms with Crippen LogP contribution >= 0.6 is 0 Å².